The first-order valence-corrected chi connectivity index (χ1v) is 11.6. The summed E-state index contributed by atoms with van der Waals surface area (Å²) in [5.41, 5.74) is 6.09. The van der Waals surface area contributed by atoms with E-state index >= 15 is 0 Å². The third kappa shape index (κ3) is 4.46. The number of anilines is 1. The monoisotopic (exact) mass is 479 g/mol. The number of hydrogen-bond donors (Lipinski definition) is 3. The predicted octanol–water partition coefficient (Wildman–Crippen LogP) is 4.77. The van der Waals surface area contributed by atoms with E-state index in [4.69, 9.17) is 0 Å². The van der Waals surface area contributed by atoms with E-state index in [9.17, 15) is 9.59 Å². The van der Waals surface area contributed by atoms with Gasteiger partial charge in [0.1, 0.15) is 5.69 Å². The molecule has 180 valence electrons. The van der Waals surface area contributed by atoms with Crippen molar-refractivity contribution in [1.82, 2.24) is 29.9 Å². The molecule has 0 atom stereocenters. The van der Waals surface area contributed by atoms with Crippen molar-refractivity contribution < 1.29 is 9.59 Å². The number of hydrogen-bond acceptors (Lipinski definition) is 5. The zero-order chi connectivity index (χ0) is 25.2. The van der Waals surface area contributed by atoms with Crippen LogP contribution in [0.25, 0.3) is 23.1 Å². The van der Waals surface area contributed by atoms with Gasteiger partial charge in [0.25, 0.3) is 5.91 Å². The molecule has 3 N–H and O–H groups in total. The van der Waals surface area contributed by atoms with Crippen LogP contribution >= 0.6 is 0 Å². The largest absolute Gasteiger partial charge is 0.345 e. The molecule has 0 radical (unpaired) electrons. The number of aromatic amines is 2. The maximum Gasteiger partial charge on any atom is 0.273 e. The summed E-state index contributed by atoms with van der Waals surface area (Å²) in [6.45, 7) is 6.26. The number of carbonyl (C=O) groups is 2. The van der Waals surface area contributed by atoms with Crippen molar-refractivity contribution in [3.8, 4) is 0 Å². The minimum atomic E-state index is -0.264. The van der Waals surface area contributed by atoms with Gasteiger partial charge in [-0.2, -0.15) is 10.2 Å². The van der Waals surface area contributed by atoms with Crippen LogP contribution in [0.2, 0.25) is 0 Å². The number of amides is 1. The van der Waals surface area contributed by atoms with E-state index < -0.39 is 0 Å². The highest BCUT2D eigenvalue weighted by molar-refractivity contribution is 6.12. The van der Waals surface area contributed by atoms with Crippen molar-refractivity contribution in [2.75, 3.05) is 5.32 Å². The molecular weight excluding hydrogens is 454 g/mol. The van der Waals surface area contributed by atoms with Gasteiger partial charge in [0.15, 0.2) is 5.78 Å². The first-order chi connectivity index (χ1) is 17.4. The van der Waals surface area contributed by atoms with Crippen LogP contribution in [0, 0.1) is 13.8 Å². The van der Waals surface area contributed by atoms with Crippen LogP contribution in [0.3, 0.4) is 0 Å². The smallest absolute Gasteiger partial charge is 0.273 e. The number of H-pyrrole nitrogens is 2. The second-order valence-corrected chi connectivity index (χ2v) is 8.51. The van der Waals surface area contributed by atoms with Crippen LogP contribution in [0.5, 0.6) is 0 Å². The molecule has 2 aromatic carbocycles. The SMILES string of the molecule is CCn1nc(C)cc1C(=O)Nc1cc(C(=O)c2ccc3c(/C=C/c4cnc[nH]4)n[nH]c3c2)ccc1C. The minimum Gasteiger partial charge on any atom is -0.345 e. The predicted molar refractivity (Wildman–Crippen MR) is 139 cm³/mol. The van der Waals surface area contributed by atoms with Crippen LogP contribution in [0.1, 0.15) is 56.0 Å². The summed E-state index contributed by atoms with van der Waals surface area (Å²) < 4.78 is 1.66. The lowest BCUT2D eigenvalue weighted by molar-refractivity contribution is 0.101. The molecule has 3 heterocycles. The Labute approximate surface area is 207 Å². The lowest BCUT2D eigenvalue weighted by Gasteiger charge is -2.11. The molecule has 0 unspecified atom stereocenters. The van der Waals surface area contributed by atoms with Crippen LogP contribution in [0.15, 0.2) is 55.0 Å². The maximum absolute atomic E-state index is 13.3. The average Bonchev–Trinajstić information content (AvgIpc) is 3.63. The van der Waals surface area contributed by atoms with E-state index in [0.29, 0.717) is 29.1 Å². The van der Waals surface area contributed by atoms with E-state index in [1.807, 2.05) is 45.1 Å². The van der Waals surface area contributed by atoms with Crippen molar-refractivity contribution in [1.29, 1.82) is 0 Å². The molecule has 3 aromatic heterocycles. The van der Waals surface area contributed by atoms with E-state index in [0.717, 1.165) is 33.5 Å². The van der Waals surface area contributed by atoms with Gasteiger partial charge >= 0.3 is 0 Å². The molecule has 0 aliphatic heterocycles. The molecule has 5 aromatic rings. The van der Waals surface area contributed by atoms with Crippen molar-refractivity contribution in [3.05, 3.63) is 94.5 Å². The number of nitrogens with zero attached hydrogens (tertiary/aromatic N) is 4. The molecule has 1 amide bonds. The van der Waals surface area contributed by atoms with Gasteiger partial charge in [0.2, 0.25) is 0 Å². The Morgan fingerprint density at radius 3 is 2.64 bits per heavy atom. The molecule has 0 saturated heterocycles. The van der Waals surface area contributed by atoms with Crippen LogP contribution in [-0.2, 0) is 6.54 Å². The van der Waals surface area contributed by atoms with Crippen molar-refractivity contribution in [2.45, 2.75) is 27.3 Å². The molecule has 36 heavy (non-hydrogen) atoms. The Kier molecular flexibility index (Phi) is 6.03. The van der Waals surface area contributed by atoms with E-state index in [2.05, 4.69) is 30.6 Å². The van der Waals surface area contributed by atoms with Crippen molar-refractivity contribution in [3.63, 3.8) is 0 Å². The van der Waals surface area contributed by atoms with Gasteiger partial charge in [0, 0.05) is 28.7 Å². The topological polar surface area (TPSA) is 121 Å². The molecule has 5 rings (SSSR count). The lowest BCUT2D eigenvalue weighted by atomic mass is 9.99. The number of rotatable bonds is 7. The summed E-state index contributed by atoms with van der Waals surface area (Å²) in [6.07, 6.45) is 7.11. The molecule has 0 fully saturated rings. The quantitative estimate of drug-likeness (QED) is 0.290. The fourth-order valence-electron chi connectivity index (χ4n) is 4.06. The average molecular weight is 480 g/mol. The highest BCUT2D eigenvalue weighted by Gasteiger charge is 2.17. The minimum absolute atomic E-state index is 0.147. The van der Waals surface area contributed by atoms with Crippen LogP contribution in [0.4, 0.5) is 5.69 Å². The number of imidazole rings is 1. The standard InChI is InChI=1S/C27H25N7O2/c1-4-34-25(11-17(3)33-34)27(36)30-23-12-18(6-5-16(23)2)26(35)19-7-9-21-22(31-32-24(21)13-19)10-8-20-14-28-15-29-20/h5-15H,4H2,1-3H3,(H,28,29)(H,30,36)(H,31,32)/b10-8+. The zero-order valence-electron chi connectivity index (χ0n) is 20.2. The van der Waals surface area contributed by atoms with E-state index in [1.165, 1.54) is 0 Å². The summed E-state index contributed by atoms with van der Waals surface area (Å²) in [6, 6.07) is 12.5. The Balaban J connectivity index is 1.39. The normalized spacial score (nSPS) is 11.4. The third-order valence-corrected chi connectivity index (χ3v) is 5.98. The number of fused-ring (bicyclic) bond motifs is 1. The second-order valence-electron chi connectivity index (χ2n) is 8.51. The van der Waals surface area contributed by atoms with E-state index in [-0.39, 0.29) is 11.7 Å². The number of carbonyl (C=O) groups excluding carboxylic acids is 2. The van der Waals surface area contributed by atoms with Crippen molar-refractivity contribution >= 4 is 40.4 Å². The van der Waals surface area contributed by atoms with Gasteiger partial charge in [-0.25, -0.2) is 4.98 Å². The lowest BCUT2D eigenvalue weighted by Crippen LogP contribution is -2.18. The highest BCUT2D eigenvalue weighted by atomic mass is 16.2. The van der Waals surface area contributed by atoms with Crippen molar-refractivity contribution in [2.24, 2.45) is 0 Å². The number of nitrogens with one attached hydrogen (secondary N) is 3. The summed E-state index contributed by atoms with van der Waals surface area (Å²) in [4.78, 5) is 33.2. The zero-order valence-corrected chi connectivity index (χ0v) is 20.2. The van der Waals surface area contributed by atoms with Gasteiger partial charge in [0.05, 0.1) is 35.1 Å². The Bertz CT molecular complexity index is 1610. The number of aryl methyl sites for hydroxylation is 3. The van der Waals surface area contributed by atoms with Gasteiger partial charge in [-0.1, -0.05) is 18.2 Å². The molecule has 0 spiro atoms. The van der Waals surface area contributed by atoms with Gasteiger partial charge in [-0.3, -0.25) is 19.4 Å². The molecule has 9 heteroatoms. The summed E-state index contributed by atoms with van der Waals surface area (Å²) in [7, 11) is 0. The molecule has 0 aliphatic carbocycles. The fourth-order valence-corrected chi connectivity index (χ4v) is 4.06. The highest BCUT2D eigenvalue weighted by Crippen LogP contribution is 2.24. The summed E-state index contributed by atoms with van der Waals surface area (Å²) >= 11 is 0. The van der Waals surface area contributed by atoms with Crippen LogP contribution in [-0.4, -0.2) is 41.6 Å². The fraction of sp³-hybridized carbons (Fsp3) is 0.148. The van der Waals surface area contributed by atoms with Gasteiger partial charge in [-0.05, 0) is 62.8 Å². The first-order valence-electron chi connectivity index (χ1n) is 11.6. The Hall–Kier alpha value is -4.79. The first kappa shape index (κ1) is 23.0. The molecule has 9 nitrogen and oxygen atoms in total. The number of aromatic nitrogens is 6. The molecule has 0 bridgehead atoms. The summed E-state index contributed by atoms with van der Waals surface area (Å²) in [5.74, 6) is -0.411. The maximum atomic E-state index is 13.3. The van der Waals surface area contributed by atoms with Gasteiger partial charge < -0.3 is 10.3 Å². The third-order valence-electron chi connectivity index (χ3n) is 5.98. The van der Waals surface area contributed by atoms with Crippen LogP contribution < -0.4 is 5.32 Å². The molecule has 0 aliphatic rings. The van der Waals surface area contributed by atoms with E-state index in [1.54, 1.807) is 47.5 Å². The number of ketones is 1. The molecular formula is C27H25N7O2. The Morgan fingerprint density at radius 2 is 1.86 bits per heavy atom. The number of benzene rings is 2. The summed E-state index contributed by atoms with van der Waals surface area (Å²) in [5, 5.41) is 15.5. The Morgan fingerprint density at radius 1 is 1.06 bits per heavy atom. The van der Waals surface area contributed by atoms with Gasteiger partial charge in [-0.15, -0.1) is 0 Å². The second kappa shape index (κ2) is 9.46. The molecule has 0 saturated carbocycles.